The van der Waals surface area contributed by atoms with Crippen LogP contribution in [0, 0.1) is 0 Å². The molecule has 4 heterocycles. The largest absolute Gasteiger partial charge is 0.494 e. The highest BCUT2D eigenvalue weighted by Gasteiger charge is 2.40. The van der Waals surface area contributed by atoms with E-state index in [0.717, 1.165) is 49.3 Å². The molecule has 0 atom stereocenters. The number of aromatic nitrogens is 6. The summed E-state index contributed by atoms with van der Waals surface area (Å²) in [6.07, 6.45) is -4.33. The normalized spacial score (nSPS) is 10.9. The second-order valence-electron chi connectivity index (χ2n) is 14.9. The lowest BCUT2D eigenvalue weighted by Crippen LogP contribution is -2.35. The van der Waals surface area contributed by atoms with Gasteiger partial charge in [0.2, 0.25) is 0 Å². The molecule has 0 radical (unpaired) electrons. The van der Waals surface area contributed by atoms with Gasteiger partial charge in [0.25, 0.3) is 17.7 Å². The van der Waals surface area contributed by atoms with E-state index in [4.69, 9.17) is 20.3 Å². The van der Waals surface area contributed by atoms with E-state index in [0.29, 0.717) is 54.6 Å². The Kier molecular flexibility index (Phi) is 20.2. The molecule has 4 aromatic heterocycles. The van der Waals surface area contributed by atoms with E-state index in [-0.39, 0.29) is 44.7 Å². The molecule has 0 saturated carbocycles. The van der Waals surface area contributed by atoms with Crippen LogP contribution in [0.5, 0.6) is 11.5 Å². The smallest absolute Gasteiger partial charge is 0.436 e. The molecule has 24 heteroatoms. The van der Waals surface area contributed by atoms with Gasteiger partial charge < -0.3 is 46.2 Å². The number of carboxylic acid groups (broad SMARTS) is 1. The minimum Gasteiger partial charge on any atom is -0.494 e. The van der Waals surface area contributed by atoms with Gasteiger partial charge in [0.05, 0.1) is 30.2 Å². The number of carbonyl (C=O) groups is 4. The van der Waals surface area contributed by atoms with Crippen LogP contribution in [0.4, 0.5) is 26.3 Å². The minimum absolute atomic E-state index is 0. The fraction of sp³-hybridized carbons (Fsp3) is 0.224. The molecule has 0 unspecified atom stereocenters. The van der Waals surface area contributed by atoms with E-state index in [2.05, 4.69) is 36.1 Å². The Balaban J connectivity index is 0.000000259. The predicted octanol–water partition coefficient (Wildman–Crippen LogP) is 8.83. The summed E-state index contributed by atoms with van der Waals surface area (Å²) in [7, 11) is 0. The van der Waals surface area contributed by atoms with Crippen LogP contribution in [-0.4, -0.2) is 97.7 Å². The number of nitrogens with zero attached hydrogens (tertiary/aromatic N) is 4. The molecule has 0 bridgehead atoms. The van der Waals surface area contributed by atoms with Crippen LogP contribution in [0.1, 0.15) is 74.1 Å². The summed E-state index contributed by atoms with van der Waals surface area (Å²) in [6, 6.07) is 26.9. The van der Waals surface area contributed by atoms with E-state index < -0.39 is 46.7 Å². The fourth-order valence-corrected chi connectivity index (χ4v) is 6.70. The number of carboxylic acids is 1. The van der Waals surface area contributed by atoms with Crippen molar-refractivity contribution in [2.45, 2.75) is 33.6 Å². The lowest BCUT2D eigenvalue weighted by molar-refractivity contribution is -0.142. The molecule has 0 aliphatic rings. The van der Waals surface area contributed by atoms with Gasteiger partial charge in [-0.25, -0.2) is 14.2 Å². The highest BCUT2D eigenvalue weighted by atomic mass is 35.5. The molecule has 8 rings (SSSR count). The van der Waals surface area contributed by atoms with Crippen molar-refractivity contribution in [1.29, 1.82) is 0 Å². The Bertz CT molecular complexity index is 3090. The zero-order valence-corrected chi connectivity index (χ0v) is 39.0. The van der Waals surface area contributed by atoms with Crippen LogP contribution >= 0.6 is 12.4 Å². The third kappa shape index (κ3) is 15.1. The van der Waals surface area contributed by atoms with Gasteiger partial charge in [-0.2, -0.15) is 36.5 Å². The number of aromatic amines is 2. The molecule has 73 heavy (non-hydrogen) atoms. The number of H-pyrrole nitrogens is 2. The Morgan fingerprint density at radius 3 is 1.38 bits per heavy atom. The zero-order chi connectivity index (χ0) is 51.3. The first-order chi connectivity index (χ1) is 33.9. The number of ether oxygens (including phenoxy) is 2. The molecule has 8 aromatic rings. The van der Waals surface area contributed by atoms with Gasteiger partial charge in [0.1, 0.15) is 17.1 Å². The topological polar surface area (TPSA) is 236 Å². The number of benzene rings is 4. The SMILES string of the molecule is C.CCOc1ccc(C(=O)NCCN)cc1.CCOc1ccc(C(=O)NCCNC(=O)c2cn(-c3ccc4[nH]ccc4c3)nc2C(F)(F)F)cc1.Cl.O=C(O)c1cn(-c2ccc3[nH]ccc3c2)nc1C(F)(F)F. The van der Waals surface area contributed by atoms with Gasteiger partial charge in [-0.15, -0.1) is 12.4 Å². The van der Waals surface area contributed by atoms with Gasteiger partial charge in [-0.3, -0.25) is 14.4 Å². The maximum Gasteiger partial charge on any atom is 0.436 e. The molecular weight excluding hydrogens is 990 g/mol. The van der Waals surface area contributed by atoms with Gasteiger partial charge in [0, 0.05) is 83.9 Å². The molecule has 8 N–H and O–H groups in total. The molecule has 0 aliphatic heterocycles. The first kappa shape index (κ1) is 57.3. The van der Waals surface area contributed by atoms with E-state index in [1.165, 1.54) is 0 Å². The maximum atomic E-state index is 13.6. The molecule has 17 nitrogen and oxygen atoms in total. The van der Waals surface area contributed by atoms with Crippen LogP contribution in [0.2, 0.25) is 0 Å². The second kappa shape index (κ2) is 25.7. The van der Waals surface area contributed by atoms with Crippen molar-refractivity contribution < 1.29 is 60.1 Å². The zero-order valence-electron chi connectivity index (χ0n) is 38.2. The summed E-state index contributed by atoms with van der Waals surface area (Å²) in [5, 5.41) is 25.1. The molecule has 388 valence electrons. The standard InChI is InChI=1S/C24H22F3N5O3.C13H8F3N3O2.C11H16N2O2.CH4.ClH/c1-2-35-18-6-3-15(4-7-18)22(33)29-11-12-30-23(34)19-14-32(31-21(19)24(25,26)27)17-5-8-20-16(13-17)9-10-28-20;14-13(15,16)11-9(12(20)21)6-19(18-11)8-1-2-10-7(5-8)3-4-17-10;1-2-15-10-5-3-9(4-6-10)11(14)13-8-7-12;;/h3-10,13-14,28H,2,11-12H2,1H3,(H,29,33)(H,30,34);1-6,17H,(H,20,21);3-6H,2,7-8,12H2,1H3,(H,13,14);1H4;1H. The number of rotatable bonds is 15. The lowest BCUT2D eigenvalue weighted by Gasteiger charge is -2.09. The highest BCUT2D eigenvalue weighted by Crippen LogP contribution is 2.33. The van der Waals surface area contributed by atoms with Crippen molar-refractivity contribution >= 4 is 57.9 Å². The number of carbonyl (C=O) groups excluding carboxylic acids is 3. The first-order valence-electron chi connectivity index (χ1n) is 21.6. The van der Waals surface area contributed by atoms with Crippen molar-refractivity contribution in [3.8, 4) is 22.9 Å². The van der Waals surface area contributed by atoms with Gasteiger partial charge >= 0.3 is 18.3 Å². The number of hydrogen-bond acceptors (Lipinski definition) is 9. The number of amides is 3. The maximum absolute atomic E-state index is 13.6. The third-order valence-corrected chi connectivity index (χ3v) is 10.0. The van der Waals surface area contributed by atoms with Crippen LogP contribution in [0.15, 0.2) is 122 Å². The van der Waals surface area contributed by atoms with E-state index in [1.54, 1.807) is 109 Å². The average Bonchev–Trinajstić information content (AvgIpc) is 4.19. The number of hydrogen-bond donors (Lipinski definition) is 7. The van der Waals surface area contributed by atoms with Gasteiger partial charge in [-0.1, -0.05) is 7.43 Å². The highest BCUT2D eigenvalue weighted by molar-refractivity contribution is 5.96. The van der Waals surface area contributed by atoms with E-state index in [9.17, 15) is 45.5 Å². The quantitative estimate of drug-likeness (QED) is 0.0380. The second-order valence-corrected chi connectivity index (χ2v) is 14.9. The Morgan fingerprint density at radius 1 is 0.603 bits per heavy atom. The van der Waals surface area contributed by atoms with Crippen LogP contribution < -0.4 is 31.2 Å². The molecule has 0 aliphatic carbocycles. The summed E-state index contributed by atoms with van der Waals surface area (Å²) >= 11 is 0. The number of nitrogens with two attached hydrogens (primary N) is 1. The van der Waals surface area contributed by atoms with Crippen molar-refractivity contribution in [3.63, 3.8) is 0 Å². The van der Waals surface area contributed by atoms with Crippen LogP contribution in [0.25, 0.3) is 33.2 Å². The van der Waals surface area contributed by atoms with Crippen molar-refractivity contribution in [1.82, 2.24) is 45.5 Å². The number of aromatic carboxylic acids is 1. The third-order valence-electron chi connectivity index (χ3n) is 10.0. The Hall–Kier alpha value is -8.31. The van der Waals surface area contributed by atoms with Crippen LogP contribution in [-0.2, 0) is 12.4 Å². The van der Waals surface area contributed by atoms with Crippen LogP contribution in [0.3, 0.4) is 0 Å². The minimum atomic E-state index is -4.82. The molecule has 3 amide bonds. The average molecular weight is 1040 g/mol. The van der Waals surface area contributed by atoms with E-state index in [1.807, 2.05) is 13.8 Å². The summed E-state index contributed by atoms with van der Waals surface area (Å²) in [5.41, 5.74) is 4.47. The summed E-state index contributed by atoms with van der Waals surface area (Å²) in [6.45, 7) is 5.79. The molecule has 0 fully saturated rings. The summed E-state index contributed by atoms with van der Waals surface area (Å²) in [4.78, 5) is 53.1. The Labute approximate surface area is 419 Å². The molecule has 0 spiro atoms. The predicted molar refractivity (Wildman–Crippen MR) is 263 cm³/mol. The number of halogens is 7. The summed E-state index contributed by atoms with van der Waals surface area (Å²) < 4.78 is 91.6. The summed E-state index contributed by atoms with van der Waals surface area (Å²) in [5.74, 6) is -1.70. The van der Waals surface area contributed by atoms with Crippen molar-refractivity contribution in [2.24, 2.45) is 5.73 Å². The van der Waals surface area contributed by atoms with Gasteiger partial charge in [-0.05, 0) is 111 Å². The fourth-order valence-electron chi connectivity index (χ4n) is 6.70. The number of fused-ring (bicyclic) bond motifs is 2. The van der Waals surface area contributed by atoms with Crippen molar-refractivity contribution in [3.05, 3.63) is 155 Å². The van der Waals surface area contributed by atoms with Crippen molar-refractivity contribution in [2.75, 3.05) is 39.4 Å². The first-order valence-corrected chi connectivity index (χ1v) is 21.6. The number of nitrogens with one attached hydrogen (secondary N) is 5. The van der Waals surface area contributed by atoms with Gasteiger partial charge in [0.15, 0.2) is 11.4 Å². The molecule has 4 aromatic carbocycles. The Morgan fingerprint density at radius 2 is 1.00 bits per heavy atom. The monoisotopic (exact) mass is 1040 g/mol. The molecule has 0 saturated heterocycles. The number of alkyl halides is 6. The van der Waals surface area contributed by atoms with E-state index >= 15 is 0 Å². The lowest BCUT2D eigenvalue weighted by atomic mass is 10.2. The molecular formula is C49H51ClF6N10O7.